The van der Waals surface area contributed by atoms with Gasteiger partial charge in [-0.15, -0.1) is 0 Å². The Labute approximate surface area is 293 Å². The fourth-order valence-electron chi connectivity index (χ4n) is 7.96. The average Bonchev–Trinajstić information content (AvgIpc) is 3.74. The quantitative estimate of drug-likeness (QED) is 0.190. The second-order valence-electron chi connectivity index (χ2n) is 13.2. The molecule has 4 heteroatoms. The van der Waals surface area contributed by atoms with E-state index in [9.17, 15) is 0 Å². The molecule has 0 bridgehead atoms. The number of hydrogen-bond acceptors (Lipinski definition) is 4. The Morgan fingerprint density at radius 3 is 1.65 bits per heavy atom. The van der Waals surface area contributed by atoms with Crippen molar-refractivity contribution in [1.82, 2.24) is 15.0 Å². The maximum atomic E-state index is 6.31. The number of aromatic nitrogens is 3. The van der Waals surface area contributed by atoms with Crippen molar-refractivity contribution in [2.75, 3.05) is 0 Å². The van der Waals surface area contributed by atoms with Crippen LogP contribution in [0.4, 0.5) is 0 Å². The topological polar surface area (TPSA) is 51.8 Å². The fraction of sp³-hybridized carbons (Fsp3) is 0. The van der Waals surface area contributed by atoms with Gasteiger partial charge in [0.25, 0.3) is 0 Å². The monoisotopic (exact) mass is 649 g/mol. The first-order valence-corrected chi connectivity index (χ1v) is 17.2. The van der Waals surface area contributed by atoms with Crippen molar-refractivity contribution in [2.45, 2.75) is 0 Å². The zero-order chi connectivity index (χ0) is 33.5. The number of hydrogen-bond donors (Lipinski definition) is 0. The predicted octanol–water partition coefficient (Wildman–Crippen LogP) is 12.4. The van der Waals surface area contributed by atoms with Gasteiger partial charge in [-0.3, -0.25) is 0 Å². The molecule has 0 saturated carbocycles. The van der Waals surface area contributed by atoms with E-state index < -0.39 is 0 Å². The van der Waals surface area contributed by atoms with Crippen LogP contribution in [0.2, 0.25) is 0 Å². The number of rotatable bonds is 4. The van der Waals surface area contributed by atoms with Gasteiger partial charge in [0.05, 0.1) is 0 Å². The summed E-state index contributed by atoms with van der Waals surface area (Å²) in [4.78, 5) is 15.5. The van der Waals surface area contributed by atoms with E-state index >= 15 is 0 Å². The maximum absolute atomic E-state index is 6.31. The van der Waals surface area contributed by atoms with Crippen LogP contribution in [0, 0.1) is 0 Å². The Kier molecular flexibility index (Phi) is 5.92. The summed E-state index contributed by atoms with van der Waals surface area (Å²) >= 11 is 0. The van der Waals surface area contributed by atoms with Crippen LogP contribution in [-0.2, 0) is 0 Å². The van der Waals surface area contributed by atoms with E-state index in [1.807, 2.05) is 36.4 Å². The van der Waals surface area contributed by atoms with E-state index in [4.69, 9.17) is 19.4 Å². The number of para-hydroxylation sites is 1. The zero-order valence-corrected chi connectivity index (χ0v) is 27.3. The third-order valence-electron chi connectivity index (χ3n) is 10.2. The van der Waals surface area contributed by atoms with E-state index in [1.165, 1.54) is 33.0 Å². The normalized spacial score (nSPS) is 11.9. The van der Waals surface area contributed by atoms with Crippen LogP contribution in [0.15, 0.2) is 168 Å². The Morgan fingerprint density at radius 1 is 0.314 bits per heavy atom. The minimum atomic E-state index is 0.626. The van der Waals surface area contributed by atoms with Gasteiger partial charge in [-0.05, 0) is 91.3 Å². The lowest BCUT2D eigenvalue weighted by atomic mass is 9.92. The second kappa shape index (κ2) is 10.8. The van der Waals surface area contributed by atoms with Crippen molar-refractivity contribution in [3.63, 3.8) is 0 Å². The smallest absolute Gasteiger partial charge is 0.164 e. The van der Waals surface area contributed by atoms with Crippen LogP contribution in [-0.4, -0.2) is 15.0 Å². The Hall–Kier alpha value is -6.91. The van der Waals surface area contributed by atoms with Crippen molar-refractivity contribution < 1.29 is 4.42 Å². The molecule has 0 spiro atoms. The molecular formula is C47H27N3O. The summed E-state index contributed by atoms with van der Waals surface area (Å²) in [6, 6.07) is 57.4. The summed E-state index contributed by atoms with van der Waals surface area (Å²) in [5, 5.41) is 6.92. The Bertz CT molecular complexity index is 3030. The van der Waals surface area contributed by atoms with E-state index in [0.717, 1.165) is 60.5 Å². The van der Waals surface area contributed by atoms with Gasteiger partial charge in [-0.25, -0.2) is 15.0 Å². The summed E-state index contributed by atoms with van der Waals surface area (Å²) < 4.78 is 6.31. The van der Waals surface area contributed by atoms with E-state index in [0.29, 0.717) is 17.5 Å². The highest BCUT2D eigenvalue weighted by atomic mass is 16.3. The minimum Gasteiger partial charge on any atom is -0.456 e. The molecule has 0 aliphatic heterocycles. The van der Waals surface area contributed by atoms with Gasteiger partial charge in [0.2, 0.25) is 0 Å². The van der Waals surface area contributed by atoms with E-state index in [1.54, 1.807) is 0 Å². The van der Waals surface area contributed by atoms with Gasteiger partial charge in [0.15, 0.2) is 17.5 Å². The van der Waals surface area contributed by atoms with Crippen LogP contribution >= 0.6 is 0 Å². The molecule has 10 aromatic rings. The van der Waals surface area contributed by atoms with Crippen LogP contribution in [0.1, 0.15) is 0 Å². The van der Waals surface area contributed by atoms with Gasteiger partial charge >= 0.3 is 0 Å². The molecule has 0 atom stereocenters. The number of furan rings is 1. The lowest BCUT2D eigenvalue weighted by Gasteiger charge is -2.13. The summed E-state index contributed by atoms with van der Waals surface area (Å²) in [7, 11) is 0. The molecule has 51 heavy (non-hydrogen) atoms. The maximum Gasteiger partial charge on any atom is 0.164 e. The second-order valence-corrected chi connectivity index (χ2v) is 13.2. The minimum absolute atomic E-state index is 0.626. The summed E-state index contributed by atoms with van der Waals surface area (Å²) in [6.07, 6.45) is 0. The highest BCUT2D eigenvalue weighted by Gasteiger charge is 2.23. The van der Waals surface area contributed by atoms with Crippen molar-refractivity contribution >= 4 is 43.5 Å². The number of nitrogens with zero attached hydrogens (tertiary/aromatic N) is 3. The first kappa shape index (κ1) is 28.0. The van der Waals surface area contributed by atoms with Crippen molar-refractivity contribution in [1.29, 1.82) is 0 Å². The molecule has 1 aliphatic rings. The molecule has 2 heterocycles. The molecule has 0 saturated heterocycles. The van der Waals surface area contributed by atoms with Crippen molar-refractivity contribution in [2.24, 2.45) is 0 Å². The van der Waals surface area contributed by atoms with Gasteiger partial charge < -0.3 is 4.42 Å². The lowest BCUT2D eigenvalue weighted by molar-refractivity contribution is 0.669. The van der Waals surface area contributed by atoms with Gasteiger partial charge in [0, 0.05) is 27.5 Å². The zero-order valence-electron chi connectivity index (χ0n) is 27.3. The molecule has 0 unspecified atom stereocenters. The third-order valence-corrected chi connectivity index (χ3v) is 10.2. The van der Waals surface area contributed by atoms with E-state index in [-0.39, 0.29) is 0 Å². The average molecular weight is 650 g/mol. The molecule has 2 aromatic heterocycles. The van der Waals surface area contributed by atoms with Crippen molar-refractivity contribution in [3.8, 4) is 67.5 Å². The van der Waals surface area contributed by atoms with Crippen LogP contribution < -0.4 is 0 Å². The number of benzene rings is 8. The highest BCUT2D eigenvalue weighted by Crippen LogP contribution is 2.48. The largest absolute Gasteiger partial charge is 0.456 e. The lowest BCUT2D eigenvalue weighted by Crippen LogP contribution is -2.01. The molecule has 236 valence electrons. The SMILES string of the molecule is c1ccc(-c2nc(-c3cc(-c4cccc5oc6ccccc6c45)c4ccccc4c3)nc(-c3cc4c5c(cccc5c3)-c3ccccc3-4)n2)cc1. The first-order chi connectivity index (χ1) is 25.3. The first-order valence-electron chi connectivity index (χ1n) is 17.2. The molecule has 8 aromatic carbocycles. The third kappa shape index (κ3) is 4.30. The van der Waals surface area contributed by atoms with Crippen LogP contribution in [0.5, 0.6) is 0 Å². The number of fused-ring (bicyclic) bond motifs is 7. The molecule has 11 rings (SSSR count). The molecule has 4 nitrogen and oxygen atoms in total. The summed E-state index contributed by atoms with van der Waals surface area (Å²) in [5.41, 5.74) is 11.8. The Morgan fingerprint density at radius 2 is 0.843 bits per heavy atom. The van der Waals surface area contributed by atoms with Crippen LogP contribution in [0.25, 0.3) is 111 Å². The van der Waals surface area contributed by atoms with Crippen LogP contribution in [0.3, 0.4) is 0 Å². The van der Waals surface area contributed by atoms with Gasteiger partial charge in [0.1, 0.15) is 11.2 Å². The molecule has 0 amide bonds. The molecule has 0 radical (unpaired) electrons. The molecular weight excluding hydrogens is 623 g/mol. The van der Waals surface area contributed by atoms with Gasteiger partial charge in [-0.2, -0.15) is 0 Å². The highest BCUT2D eigenvalue weighted by molar-refractivity contribution is 6.17. The van der Waals surface area contributed by atoms with Crippen molar-refractivity contribution in [3.05, 3.63) is 164 Å². The summed E-state index contributed by atoms with van der Waals surface area (Å²) in [5.74, 6) is 1.91. The molecule has 0 fully saturated rings. The predicted molar refractivity (Wildman–Crippen MR) is 208 cm³/mol. The molecule has 0 N–H and O–H groups in total. The van der Waals surface area contributed by atoms with E-state index in [2.05, 4.69) is 127 Å². The molecule has 1 aliphatic carbocycles. The van der Waals surface area contributed by atoms with Gasteiger partial charge in [-0.1, -0.05) is 127 Å². The Balaban J connectivity index is 1.17. The standard InChI is InChI=1S/C47H27N3O/c1-2-12-28(13-3-1)45-48-46(50-47(49-45)32-25-30-15-10-20-36-34-17-6-7-18-35(34)40(27-32)43(30)36)31-24-29-14-4-5-16-33(29)39(26-31)37-21-11-23-42-44(37)38-19-8-9-22-41(38)51-42/h1-27H. The fourth-order valence-corrected chi connectivity index (χ4v) is 7.96. The summed E-state index contributed by atoms with van der Waals surface area (Å²) in [6.45, 7) is 0.